The van der Waals surface area contributed by atoms with E-state index in [0.29, 0.717) is 17.3 Å². The maximum absolute atomic E-state index is 13.2. The number of hydrogen-bond acceptors (Lipinski definition) is 4. The van der Waals surface area contributed by atoms with E-state index in [-0.39, 0.29) is 28.9 Å². The van der Waals surface area contributed by atoms with Crippen molar-refractivity contribution in [3.05, 3.63) is 23.0 Å². The third-order valence-corrected chi connectivity index (χ3v) is 6.44. The lowest BCUT2D eigenvalue weighted by Gasteiger charge is -2.44. The molecule has 6 rings (SSSR count). The fourth-order valence-electron chi connectivity index (χ4n) is 5.14. The standard InChI is InChI=1S/C17H16ClN3O2/c18-12-5-20-4-11-13-3-10(23-14(11)12)6-21(13)15(22)17-2-1-16(7-17,8-17)9-19/h4-5,10,13H,1-3,6-8H2/t10-,13-,16?,17?/m0/s1. The van der Waals surface area contributed by atoms with E-state index in [0.717, 1.165) is 37.7 Å². The molecule has 2 aliphatic heterocycles. The molecule has 0 N–H and O–H groups in total. The smallest absolute Gasteiger partial charge is 0.229 e. The number of fused-ring (bicyclic) bond motifs is 5. The van der Waals surface area contributed by atoms with Crippen LogP contribution in [0.2, 0.25) is 5.02 Å². The molecule has 1 amide bonds. The number of pyridine rings is 1. The van der Waals surface area contributed by atoms with Crippen LogP contribution in [0.5, 0.6) is 5.75 Å². The number of carbonyl (C=O) groups is 1. The van der Waals surface area contributed by atoms with Crippen molar-refractivity contribution < 1.29 is 9.53 Å². The number of carbonyl (C=O) groups excluding carboxylic acids is 1. The van der Waals surface area contributed by atoms with Gasteiger partial charge >= 0.3 is 0 Å². The van der Waals surface area contributed by atoms with Crippen LogP contribution in [-0.2, 0) is 4.79 Å². The summed E-state index contributed by atoms with van der Waals surface area (Å²) in [6, 6.07) is 2.43. The summed E-state index contributed by atoms with van der Waals surface area (Å²) in [5.74, 6) is 0.881. The van der Waals surface area contributed by atoms with Gasteiger partial charge in [0.2, 0.25) is 5.91 Å². The first-order chi connectivity index (χ1) is 11.1. The molecule has 0 spiro atoms. The van der Waals surface area contributed by atoms with E-state index in [4.69, 9.17) is 16.3 Å². The Balaban J connectivity index is 1.48. The van der Waals surface area contributed by atoms with Crippen LogP contribution in [0.3, 0.4) is 0 Å². The van der Waals surface area contributed by atoms with Crippen molar-refractivity contribution in [2.75, 3.05) is 6.54 Å². The molecule has 23 heavy (non-hydrogen) atoms. The van der Waals surface area contributed by atoms with Gasteiger partial charge in [0.05, 0.1) is 29.5 Å². The highest BCUT2D eigenvalue weighted by atomic mass is 35.5. The van der Waals surface area contributed by atoms with Crippen LogP contribution in [0.15, 0.2) is 12.4 Å². The molecule has 118 valence electrons. The van der Waals surface area contributed by atoms with Crippen molar-refractivity contribution in [3.8, 4) is 11.8 Å². The van der Waals surface area contributed by atoms with Gasteiger partial charge < -0.3 is 9.64 Å². The molecule has 4 fully saturated rings. The third kappa shape index (κ3) is 1.62. The monoisotopic (exact) mass is 329 g/mol. The molecule has 4 bridgehead atoms. The van der Waals surface area contributed by atoms with E-state index < -0.39 is 0 Å². The zero-order chi connectivity index (χ0) is 15.8. The number of likely N-dealkylation sites (tertiary alicyclic amines) is 1. The second-order valence-electron chi connectivity index (χ2n) is 7.51. The molecular formula is C17H16ClN3O2. The van der Waals surface area contributed by atoms with Crippen LogP contribution in [0.25, 0.3) is 0 Å². The SMILES string of the molecule is N#CC12CCC(C(=O)N3C[C@@H]4C[C@H]3c3cncc(Cl)c3O4)(C1)C2. The predicted molar refractivity (Wildman–Crippen MR) is 81.7 cm³/mol. The fraction of sp³-hybridized carbons (Fsp3) is 0.588. The van der Waals surface area contributed by atoms with Crippen LogP contribution in [0.1, 0.15) is 43.7 Å². The number of rotatable bonds is 1. The highest BCUT2D eigenvalue weighted by Crippen LogP contribution is 2.68. The Hall–Kier alpha value is -1.80. The summed E-state index contributed by atoms with van der Waals surface area (Å²) in [4.78, 5) is 19.3. The van der Waals surface area contributed by atoms with E-state index in [1.54, 1.807) is 12.4 Å². The zero-order valence-corrected chi connectivity index (χ0v) is 13.3. The average molecular weight is 330 g/mol. The molecule has 3 heterocycles. The van der Waals surface area contributed by atoms with Gasteiger partial charge in [0, 0.05) is 24.4 Å². The molecule has 0 aromatic carbocycles. The molecule has 1 aromatic rings. The number of nitriles is 1. The van der Waals surface area contributed by atoms with Gasteiger partial charge in [0.15, 0.2) is 0 Å². The van der Waals surface area contributed by atoms with Gasteiger partial charge in [-0.2, -0.15) is 5.26 Å². The normalized spacial score (nSPS) is 39.2. The van der Waals surface area contributed by atoms with Gasteiger partial charge in [-0.05, 0) is 25.7 Å². The van der Waals surface area contributed by atoms with Crippen LogP contribution < -0.4 is 4.74 Å². The number of ether oxygens (including phenoxy) is 1. The summed E-state index contributed by atoms with van der Waals surface area (Å²) in [5, 5.41) is 9.83. The first-order valence-electron chi connectivity index (χ1n) is 8.08. The first-order valence-corrected chi connectivity index (χ1v) is 8.46. The number of halogens is 1. The van der Waals surface area contributed by atoms with E-state index in [2.05, 4.69) is 11.1 Å². The second kappa shape index (κ2) is 4.18. The van der Waals surface area contributed by atoms with E-state index in [9.17, 15) is 10.1 Å². The molecule has 5 nitrogen and oxygen atoms in total. The first kappa shape index (κ1) is 13.6. The Kier molecular flexibility index (Phi) is 2.48. The summed E-state index contributed by atoms with van der Waals surface area (Å²) in [6.45, 7) is 0.607. The summed E-state index contributed by atoms with van der Waals surface area (Å²) in [7, 11) is 0. The molecule has 3 saturated carbocycles. The number of aromatic nitrogens is 1. The van der Waals surface area contributed by atoms with Crippen LogP contribution >= 0.6 is 11.6 Å². The van der Waals surface area contributed by atoms with Gasteiger partial charge in [0.1, 0.15) is 16.9 Å². The molecule has 5 aliphatic rings. The average Bonchev–Trinajstić information content (AvgIpc) is 3.18. The van der Waals surface area contributed by atoms with Crippen LogP contribution in [-0.4, -0.2) is 28.4 Å². The lowest BCUT2D eigenvalue weighted by molar-refractivity contribution is -0.149. The maximum atomic E-state index is 13.2. The highest BCUT2D eigenvalue weighted by Gasteiger charge is 2.66. The van der Waals surface area contributed by atoms with Crippen molar-refractivity contribution in [2.24, 2.45) is 10.8 Å². The fourth-order valence-corrected chi connectivity index (χ4v) is 5.35. The van der Waals surface area contributed by atoms with Gasteiger partial charge in [0.25, 0.3) is 0 Å². The second-order valence-corrected chi connectivity index (χ2v) is 7.92. The molecule has 0 unspecified atom stereocenters. The van der Waals surface area contributed by atoms with Gasteiger partial charge in [-0.15, -0.1) is 0 Å². The summed E-state index contributed by atoms with van der Waals surface area (Å²) in [6.07, 6.45) is 7.32. The number of nitrogens with zero attached hydrogens (tertiary/aromatic N) is 3. The largest absolute Gasteiger partial charge is 0.486 e. The minimum atomic E-state index is -0.306. The van der Waals surface area contributed by atoms with Gasteiger partial charge in [-0.1, -0.05) is 11.6 Å². The molecule has 1 aromatic heterocycles. The quantitative estimate of drug-likeness (QED) is 0.794. The molecular weight excluding hydrogens is 314 g/mol. The van der Waals surface area contributed by atoms with Crippen LogP contribution in [0, 0.1) is 22.2 Å². The topological polar surface area (TPSA) is 66.2 Å². The minimum absolute atomic E-state index is 0.00881. The number of hydrogen-bond donors (Lipinski definition) is 0. The molecule has 6 heteroatoms. The molecule has 0 radical (unpaired) electrons. The van der Waals surface area contributed by atoms with Gasteiger partial charge in [-0.3, -0.25) is 9.78 Å². The van der Waals surface area contributed by atoms with Crippen LogP contribution in [0.4, 0.5) is 0 Å². The Morgan fingerprint density at radius 2 is 2.26 bits per heavy atom. The van der Waals surface area contributed by atoms with E-state index in [1.807, 2.05) is 4.90 Å². The van der Waals surface area contributed by atoms with E-state index >= 15 is 0 Å². The zero-order valence-electron chi connectivity index (χ0n) is 12.6. The Labute approximate surface area is 139 Å². The number of amides is 1. The molecule has 1 saturated heterocycles. The lowest BCUT2D eigenvalue weighted by Crippen LogP contribution is -2.49. The molecule has 2 atom stereocenters. The predicted octanol–water partition coefficient (Wildman–Crippen LogP) is 2.85. The van der Waals surface area contributed by atoms with Crippen molar-refractivity contribution in [1.82, 2.24) is 9.88 Å². The molecule has 3 aliphatic carbocycles. The maximum Gasteiger partial charge on any atom is 0.229 e. The Bertz CT molecular complexity index is 766. The Morgan fingerprint density at radius 3 is 3.00 bits per heavy atom. The minimum Gasteiger partial charge on any atom is -0.486 e. The van der Waals surface area contributed by atoms with Crippen molar-refractivity contribution in [2.45, 2.75) is 44.2 Å². The summed E-state index contributed by atoms with van der Waals surface area (Å²) in [5.41, 5.74) is 0.378. The van der Waals surface area contributed by atoms with Crippen molar-refractivity contribution >= 4 is 17.5 Å². The van der Waals surface area contributed by atoms with Gasteiger partial charge in [-0.25, -0.2) is 0 Å². The van der Waals surface area contributed by atoms with Crippen molar-refractivity contribution in [3.63, 3.8) is 0 Å². The highest BCUT2D eigenvalue weighted by molar-refractivity contribution is 6.32. The Morgan fingerprint density at radius 1 is 1.43 bits per heavy atom. The summed E-state index contributed by atoms with van der Waals surface area (Å²) >= 11 is 6.20. The summed E-state index contributed by atoms with van der Waals surface area (Å²) < 4.78 is 5.97. The van der Waals surface area contributed by atoms with E-state index in [1.165, 1.54) is 0 Å². The third-order valence-electron chi connectivity index (χ3n) is 6.17. The lowest BCUT2D eigenvalue weighted by atomic mass is 9.60. The van der Waals surface area contributed by atoms with Crippen molar-refractivity contribution in [1.29, 1.82) is 5.26 Å².